The first-order chi connectivity index (χ1) is 8.84. The molecule has 0 nitrogen and oxygen atoms in total. The van der Waals surface area contributed by atoms with Crippen LogP contribution in [0.25, 0.3) is 16.3 Å². The number of hydrogen-bond donors (Lipinski definition) is 0. The van der Waals surface area contributed by atoms with E-state index in [9.17, 15) is 0 Å². The van der Waals surface area contributed by atoms with Crippen LogP contribution in [0.1, 0.15) is 18.9 Å². The SMILES string of the molecule is CC1=CC=C(c2cccc3ccccc23)CC=C1. The van der Waals surface area contributed by atoms with Gasteiger partial charge in [0.1, 0.15) is 0 Å². The largest absolute Gasteiger partial charge is 0.0798 e. The molecule has 0 spiro atoms. The standard InChI is InChI=1S/C18H16/c1-14-6-4-8-16(13-12-14)18-11-5-9-15-7-2-3-10-17(15)18/h2-7,9-13H,8H2,1H3. The van der Waals surface area contributed by atoms with Crippen LogP contribution < -0.4 is 0 Å². The summed E-state index contributed by atoms with van der Waals surface area (Å²) >= 11 is 0. The van der Waals surface area contributed by atoms with Crippen molar-refractivity contribution in [2.24, 2.45) is 0 Å². The quantitative estimate of drug-likeness (QED) is 0.639. The third-order valence-electron chi connectivity index (χ3n) is 3.40. The van der Waals surface area contributed by atoms with Crippen molar-refractivity contribution < 1.29 is 0 Å². The Morgan fingerprint density at radius 1 is 0.889 bits per heavy atom. The van der Waals surface area contributed by atoms with E-state index in [1.807, 2.05) is 0 Å². The van der Waals surface area contributed by atoms with Crippen LogP contribution in [0.2, 0.25) is 0 Å². The highest BCUT2D eigenvalue weighted by Crippen LogP contribution is 2.28. The average molecular weight is 232 g/mol. The first-order valence-corrected chi connectivity index (χ1v) is 6.37. The molecule has 18 heavy (non-hydrogen) atoms. The van der Waals surface area contributed by atoms with Gasteiger partial charge in [0.05, 0.1) is 0 Å². The minimum Gasteiger partial charge on any atom is -0.0798 e. The van der Waals surface area contributed by atoms with Crippen LogP contribution in [0.15, 0.2) is 72.3 Å². The van der Waals surface area contributed by atoms with E-state index >= 15 is 0 Å². The zero-order chi connectivity index (χ0) is 12.4. The lowest BCUT2D eigenvalue weighted by molar-refractivity contribution is 1.40. The minimum atomic E-state index is 1.00. The Morgan fingerprint density at radius 2 is 1.72 bits per heavy atom. The third-order valence-corrected chi connectivity index (χ3v) is 3.40. The van der Waals surface area contributed by atoms with Crippen molar-refractivity contribution in [3.8, 4) is 0 Å². The summed E-state index contributed by atoms with van der Waals surface area (Å²) in [5.74, 6) is 0. The molecule has 1 aliphatic rings. The van der Waals surface area contributed by atoms with Crippen molar-refractivity contribution in [3.63, 3.8) is 0 Å². The number of hydrogen-bond acceptors (Lipinski definition) is 0. The Hall–Kier alpha value is -2.08. The van der Waals surface area contributed by atoms with Gasteiger partial charge in [-0.3, -0.25) is 0 Å². The van der Waals surface area contributed by atoms with E-state index in [4.69, 9.17) is 0 Å². The maximum atomic E-state index is 2.25. The molecule has 0 saturated carbocycles. The minimum absolute atomic E-state index is 1.00. The first-order valence-electron chi connectivity index (χ1n) is 6.37. The molecule has 0 atom stereocenters. The van der Waals surface area contributed by atoms with Gasteiger partial charge >= 0.3 is 0 Å². The van der Waals surface area contributed by atoms with E-state index in [0.717, 1.165) is 6.42 Å². The highest BCUT2D eigenvalue weighted by Gasteiger charge is 2.05. The second-order valence-corrected chi connectivity index (χ2v) is 4.74. The predicted octanol–water partition coefficient (Wildman–Crippen LogP) is 5.13. The zero-order valence-electron chi connectivity index (χ0n) is 10.6. The molecule has 2 aromatic rings. The fourth-order valence-electron chi connectivity index (χ4n) is 2.43. The molecule has 0 aliphatic heterocycles. The van der Waals surface area contributed by atoms with Gasteiger partial charge in [0.25, 0.3) is 0 Å². The Kier molecular flexibility index (Phi) is 2.85. The number of benzene rings is 2. The van der Waals surface area contributed by atoms with Crippen LogP contribution in [0.4, 0.5) is 0 Å². The average Bonchev–Trinajstić information content (AvgIpc) is 2.63. The van der Waals surface area contributed by atoms with Gasteiger partial charge in [-0.15, -0.1) is 0 Å². The van der Waals surface area contributed by atoms with E-state index < -0.39 is 0 Å². The van der Waals surface area contributed by atoms with Gasteiger partial charge in [-0.1, -0.05) is 72.3 Å². The van der Waals surface area contributed by atoms with Crippen LogP contribution in [0.3, 0.4) is 0 Å². The summed E-state index contributed by atoms with van der Waals surface area (Å²) in [6, 6.07) is 15.1. The first kappa shape index (κ1) is 11.0. The molecule has 0 heterocycles. The maximum absolute atomic E-state index is 2.25. The monoisotopic (exact) mass is 232 g/mol. The Morgan fingerprint density at radius 3 is 2.67 bits per heavy atom. The van der Waals surface area contributed by atoms with Crippen molar-refractivity contribution in [2.45, 2.75) is 13.3 Å². The van der Waals surface area contributed by atoms with Gasteiger partial charge in [-0.2, -0.15) is 0 Å². The van der Waals surface area contributed by atoms with Crippen LogP contribution in [-0.2, 0) is 0 Å². The molecule has 0 fully saturated rings. The van der Waals surface area contributed by atoms with Crippen molar-refractivity contribution in [1.29, 1.82) is 0 Å². The predicted molar refractivity (Wildman–Crippen MR) is 79.4 cm³/mol. The van der Waals surface area contributed by atoms with Crippen molar-refractivity contribution in [1.82, 2.24) is 0 Å². The second kappa shape index (κ2) is 4.66. The number of allylic oxidation sites excluding steroid dienone is 6. The number of fused-ring (bicyclic) bond motifs is 1. The molecule has 0 aromatic heterocycles. The summed E-state index contributed by atoms with van der Waals surface area (Å²) in [5, 5.41) is 2.65. The van der Waals surface area contributed by atoms with Crippen molar-refractivity contribution >= 4 is 16.3 Å². The molecule has 3 rings (SSSR count). The summed E-state index contributed by atoms with van der Waals surface area (Å²) in [6.45, 7) is 2.14. The molecule has 0 heteroatoms. The smallest absolute Gasteiger partial charge is 0.00881 e. The van der Waals surface area contributed by atoms with Gasteiger partial charge in [-0.05, 0) is 35.3 Å². The molecule has 0 unspecified atom stereocenters. The van der Waals surface area contributed by atoms with Crippen LogP contribution in [0.5, 0.6) is 0 Å². The second-order valence-electron chi connectivity index (χ2n) is 4.74. The Bertz CT molecular complexity index is 664. The molecule has 0 saturated heterocycles. The molecule has 88 valence electrons. The van der Waals surface area contributed by atoms with Gasteiger partial charge in [0.2, 0.25) is 0 Å². The van der Waals surface area contributed by atoms with Crippen LogP contribution in [0, 0.1) is 0 Å². The lowest BCUT2D eigenvalue weighted by Gasteiger charge is -2.08. The molecule has 0 N–H and O–H groups in total. The molecular weight excluding hydrogens is 216 g/mol. The highest BCUT2D eigenvalue weighted by molar-refractivity contribution is 5.94. The molecular formula is C18H16. The molecule has 0 amide bonds. The Balaban J connectivity index is 2.18. The van der Waals surface area contributed by atoms with Crippen molar-refractivity contribution in [2.75, 3.05) is 0 Å². The van der Waals surface area contributed by atoms with Gasteiger partial charge in [0, 0.05) is 0 Å². The molecule has 0 bridgehead atoms. The number of rotatable bonds is 1. The van der Waals surface area contributed by atoms with Crippen LogP contribution in [-0.4, -0.2) is 0 Å². The van der Waals surface area contributed by atoms with E-state index in [2.05, 4.69) is 73.7 Å². The molecule has 0 radical (unpaired) electrons. The fourth-order valence-corrected chi connectivity index (χ4v) is 2.43. The maximum Gasteiger partial charge on any atom is -0.00881 e. The fraction of sp³-hybridized carbons (Fsp3) is 0.111. The van der Waals surface area contributed by atoms with Gasteiger partial charge in [-0.25, -0.2) is 0 Å². The van der Waals surface area contributed by atoms with Gasteiger partial charge < -0.3 is 0 Å². The normalized spacial score (nSPS) is 15.2. The summed E-state index contributed by atoms with van der Waals surface area (Å²) in [4.78, 5) is 0. The highest BCUT2D eigenvalue weighted by atomic mass is 14.1. The van der Waals surface area contributed by atoms with E-state index in [1.54, 1.807) is 0 Å². The summed E-state index contributed by atoms with van der Waals surface area (Å²) in [5.41, 5.74) is 4.05. The zero-order valence-corrected chi connectivity index (χ0v) is 10.6. The molecule has 1 aliphatic carbocycles. The summed E-state index contributed by atoms with van der Waals surface area (Å²) in [7, 11) is 0. The lowest BCUT2D eigenvalue weighted by Crippen LogP contribution is -1.85. The van der Waals surface area contributed by atoms with Gasteiger partial charge in [0.15, 0.2) is 0 Å². The third kappa shape index (κ3) is 2.02. The van der Waals surface area contributed by atoms with E-state index in [1.165, 1.54) is 27.5 Å². The summed E-state index contributed by atoms with van der Waals surface area (Å²) in [6.07, 6.45) is 9.88. The van der Waals surface area contributed by atoms with Crippen molar-refractivity contribution in [3.05, 3.63) is 77.9 Å². The summed E-state index contributed by atoms with van der Waals surface area (Å²) < 4.78 is 0. The molecule has 2 aromatic carbocycles. The lowest BCUT2D eigenvalue weighted by atomic mass is 9.96. The van der Waals surface area contributed by atoms with E-state index in [-0.39, 0.29) is 0 Å². The topological polar surface area (TPSA) is 0 Å². The van der Waals surface area contributed by atoms with Crippen LogP contribution >= 0.6 is 0 Å². The Labute approximate surface area is 108 Å². The van der Waals surface area contributed by atoms with E-state index in [0.29, 0.717) is 0 Å².